The van der Waals surface area contributed by atoms with Gasteiger partial charge in [0.2, 0.25) is 0 Å². The molecule has 2 aromatic rings. The normalized spacial score (nSPS) is 12.8. The Labute approximate surface area is 136 Å². The largest absolute Gasteiger partial charge is 0.392 e. The van der Waals surface area contributed by atoms with E-state index in [9.17, 15) is 0 Å². The maximum absolute atomic E-state index is 6.44. The number of nitrogens with one attached hydrogen (secondary N) is 2. The molecular weight excluding hydrogens is 296 g/mol. The third kappa shape index (κ3) is 3.45. The standard InChI is InChI=1S/C17H23ClN4/c1-5-12(3)9-14(10-19-4)21-22-16-8-7-13(6-2)17(18)15(16)11-20-22/h7-11,19,21H,5-6H2,1-4H3/b12-9+,14-10+. The Morgan fingerprint density at radius 3 is 2.77 bits per heavy atom. The van der Waals surface area contributed by atoms with Gasteiger partial charge in [-0.25, -0.2) is 0 Å². The smallest absolute Gasteiger partial charge is 0.0937 e. The molecule has 0 atom stereocenters. The summed E-state index contributed by atoms with van der Waals surface area (Å²) in [6, 6.07) is 4.10. The van der Waals surface area contributed by atoms with E-state index in [0.29, 0.717) is 0 Å². The molecule has 5 heteroatoms. The second kappa shape index (κ2) is 7.36. The van der Waals surface area contributed by atoms with Gasteiger partial charge in [-0.1, -0.05) is 37.1 Å². The number of benzene rings is 1. The van der Waals surface area contributed by atoms with Crippen LogP contribution < -0.4 is 10.7 Å². The van der Waals surface area contributed by atoms with Gasteiger partial charge < -0.3 is 5.32 Å². The van der Waals surface area contributed by atoms with E-state index >= 15 is 0 Å². The average molecular weight is 319 g/mol. The summed E-state index contributed by atoms with van der Waals surface area (Å²) in [4.78, 5) is 1.75. The maximum Gasteiger partial charge on any atom is 0.0937 e. The van der Waals surface area contributed by atoms with E-state index in [1.165, 1.54) is 5.57 Å². The molecule has 0 aliphatic carbocycles. The van der Waals surface area contributed by atoms with Crippen LogP contribution in [-0.4, -0.2) is 16.9 Å². The average Bonchev–Trinajstić information content (AvgIpc) is 2.91. The summed E-state index contributed by atoms with van der Waals surface area (Å²) in [5, 5.41) is 9.21. The molecule has 4 nitrogen and oxygen atoms in total. The van der Waals surface area contributed by atoms with Crippen molar-refractivity contribution in [3.8, 4) is 0 Å². The summed E-state index contributed by atoms with van der Waals surface area (Å²) in [7, 11) is 1.88. The molecule has 22 heavy (non-hydrogen) atoms. The van der Waals surface area contributed by atoms with Crippen molar-refractivity contribution >= 4 is 22.5 Å². The Hall–Kier alpha value is -1.94. The Morgan fingerprint density at radius 1 is 1.36 bits per heavy atom. The SMILES string of the molecule is CC/C(C)=C/C(=C\NC)Nn1ncc2c(Cl)c(CC)ccc21. The lowest BCUT2D eigenvalue weighted by molar-refractivity contribution is 0.810. The van der Waals surface area contributed by atoms with Crippen LogP contribution >= 0.6 is 11.6 Å². The first-order chi connectivity index (χ1) is 10.6. The number of fused-ring (bicyclic) bond motifs is 1. The molecule has 2 rings (SSSR count). The number of rotatable bonds is 6. The maximum atomic E-state index is 6.44. The van der Waals surface area contributed by atoms with Crippen LogP contribution in [0.2, 0.25) is 5.02 Å². The summed E-state index contributed by atoms with van der Waals surface area (Å²) in [5.41, 5.74) is 7.64. The van der Waals surface area contributed by atoms with Crippen LogP contribution in [-0.2, 0) is 6.42 Å². The monoisotopic (exact) mass is 318 g/mol. The molecular formula is C17H23ClN4. The number of allylic oxidation sites excluding steroid dienone is 2. The van der Waals surface area contributed by atoms with E-state index in [2.05, 4.69) is 48.8 Å². The van der Waals surface area contributed by atoms with Gasteiger partial charge in [-0.2, -0.15) is 9.89 Å². The van der Waals surface area contributed by atoms with E-state index in [1.807, 2.05) is 19.3 Å². The van der Waals surface area contributed by atoms with Crippen molar-refractivity contribution in [2.24, 2.45) is 0 Å². The third-order valence-electron chi connectivity index (χ3n) is 3.64. The Morgan fingerprint density at radius 2 is 2.14 bits per heavy atom. The molecule has 0 saturated carbocycles. The van der Waals surface area contributed by atoms with Crippen molar-refractivity contribution in [3.05, 3.63) is 52.5 Å². The first-order valence-electron chi connectivity index (χ1n) is 7.57. The first kappa shape index (κ1) is 16.4. The fourth-order valence-corrected chi connectivity index (χ4v) is 2.57. The lowest BCUT2D eigenvalue weighted by Crippen LogP contribution is -2.16. The molecule has 0 bridgehead atoms. The van der Waals surface area contributed by atoms with Gasteiger partial charge in [-0.05, 0) is 37.5 Å². The quantitative estimate of drug-likeness (QED) is 0.784. The van der Waals surface area contributed by atoms with Gasteiger partial charge in [0.05, 0.1) is 22.4 Å². The van der Waals surface area contributed by atoms with Gasteiger partial charge in [0.25, 0.3) is 0 Å². The topological polar surface area (TPSA) is 41.9 Å². The number of nitrogens with zero attached hydrogens (tertiary/aromatic N) is 2. The second-order valence-electron chi connectivity index (χ2n) is 5.23. The van der Waals surface area contributed by atoms with Crippen molar-refractivity contribution < 1.29 is 0 Å². The Balaban J connectivity index is 2.39. The van der Waals surface area contributed by atoms with Gasteiger partial charge in [-0.3, -0.25) is 5.43 Å². The number of hydrogen-bond acceptors (Lipinski definition) is 3. The molecule has 0 aliphatic rings. The number of hydrogen-bond donors (Lipinski definition) is 2. The Bertz CT molecular complexity index is 713. The van der Waals surface area contributed by atoms with Crippen LogP contribution in [0.25, 0.3) is 10.9 Å². The highest BCUT2D eigenvalue weighted by molar-refractivity contribution is 6.36. The molecule has 0 spiro atoms. The van der Waals surface area contributed by atoms with E-state index in [4.69, 9.17) is 11.6 Å². The number of aryl methyl sites for hydroxylation is 1. The van der Waals surface area contributed by atoms with Gasteiger partial charge in [0.15, 0.2) is 0 Å². The van der Waals surface area contributed by atoms with Crippen molar-refractivity contribution in [3.63, 3.8) is 0 Å². The minimum absolute atomic E-state index is 0.785. The number of halogens is 1. The molecule has 118 valence electrons. The summed E-state index contributed by atoms with van der Waals surface area (Å²) < 4.78 is 0. The summed E-state index contributed by atoms with van der Waals surface area (Å²) in [6.45, 7) is 6.34. The fraction of sp³-hybridized carbons (Fsp3) is 0.353. The lowest BCUT2D eigenvalue weighted by atomic mass is 10.1. The molecule has 1 aromatic heterocycles. The van der Waals surface area contributed by atoms with Crippen LogP contribution in [0.3, 0.4) is 0 Å². The zero-order valence-electron chi connectivity index (χ0n) is 13.6. The minimum atomic E-state index is 0.785. The predicted octanol–water partition coefficient (Wildman–Crippen LogP) is 4.21. The van der Waals surface area contributed by atoms with Crippen LogP contribution in [0.15, 0.2) is 41.9 Å². The van der Waals surface area contributed by atoms with E-state index < -0.39 is 0 Å². The van der Waals surface area contributed by atoms with Crippen molar-refractivity contribution in [2.45, 2.75) is 33.6 Å². The second-order valence-corrected chi connectivity index (χ2v) is 5.60. The van der Waals surface area contributed by atoms with Crippen molar-refractivity contribution in [1.29, 1.82) is 0 Å². The highest BCUT2D eigenvalue weighted by Gasteiger charge is 2.09. The molecule has 0 aliphatic heterocycles. The number of aromatic nitrogens is 2. The molecule has 0 amide bonds. The van der Waals surface area contributed by atoms with E-state index in [1.54, 1.807) is 11.0 Å². The molecule has 0 unspecified atom stereocenters. The highest BCUT2D eigenvalue weighted by atomic mass is 35.5. The summed E-state index contributed by atoms with van der Waals surface area (Å²) in [6.07, 6.45) is 7.74. The van der Waals surface area contributed by atoms with Crippen molar-refractivity contribution in [2.75, 3.05) is 12.5 Å². The van der Waals surface area contributed by atoms with Crippen molar-refractivity contribution in [1.82, 2.24) is 15.2 Å². The van der Waals surface area contributed by atoms with E-state index in [0.717, 1.165) is 40.0 Å². The molecule has 0 fully saturated rings. The zero-order valence-corrected chi connectivity index (χ0v) is 14.3. The zero-order chi connectivity index (χ0) is 16.1. The summed E-state index contributed by atoms with van der Waals surface area (Å²) >= 11 is 6.44. The fourth-order valence-electron chi connectivity index (χ4n) is 2.23. The molecule has 1 aromatic carbocycles. The summed E-state index contributed by atoms with van der Waals surface area (Å²) in [5.74, 6) is 0. The minimum Gasteiger partial charge on any atom is -0.392 e. The predicted molar refractivity (Wildman–Crippen MR) is 94.7 cm³/mol. The molecule has 0 saturated heterocycles. The molecule has 1 heterocycles. The van der Waals surface area contributed by atoms with Gasteiger partial charge in [0.1, 0.15) is 0 Å². The van der Waals surface area contributed by atoms with Crippen LogP contribution in [0.4, 0.5) is 0 Å². The molecule has 0 radical (unpaired) electrons. The highest BCUT2D eigenvalue weighted by Crippen LogP contribution is 2.27. The van der Waals surface area contributed by atoms with Gasteiger partial charge >= 0.3 is 0 Å². The van der Waals surface area contributed by atoms with Crippen LogP contribution in [0, 0.1) is 0 Å². The van der Waals surface area contributed by atoms with Gasteiger partial charge in [-0.15, -0.1) is 0 Å². The molecule has 2 N–H and O–H groups in total. The van der Waals surface area contributed by atoms with Gasteiger partial charge in [0, 0.05) is 18.6 Å². The van der Waals surface area contributed by atoms with Crippen LogP contribution in [0.1, 0.15) is 32.8 Å². The van der Waals surface area contributed by atoms with E-state index in [-0.39, 0.29) is 0 Å². The Kier molecular flexibility index (Phi) is 5.50. The van der Waals surface area contributed by atoms with Crippen LogP contribution in [0.5, 0.6) is 0 Å². The third-order valence-corrected chi connectivity index (χ3v) is 4.09. The first-order valence-corrected chi connectivity index (χ1v) is 7.95. The lowest BCUT2D eigenvalue weighted by Gasteiger charge is -2.10.